The lowest BCUT2D eigenvalue weighted by molar-refractivity contribution is 0.0528. The Morgan fingerprint density at radius 2 is 2.37 bits per heavy atom. The van der Waals surface area contributed by atoms with Gasteiger partial charge in [-0.25, -0.2) is 14.3 Å². The monoisotopic (exact) mass is 273 g/mol. The van der Waals surface area contributed by atoms with E-state index in [0.29, 0.717) is 17.8 Å². The highest BCUT2D eigenvalue weighted by Crippen LogP contribution is 2.25. The zero-order valence-electron chi connectivity index (χ0n) is 10.2. The van der Waals surface area contributed by atoms with Gasteiger partial charge >= 0.3 is 5.97 Å². The van der Waals surface area contributed by atoms with Gasteiger partial charge in [-0.15, -0.1) is 11.3 Å². The van der Waals surface area contributed by atoms with Gasteiger partial charge in [0.05, 0.1) is 23.4 Å². The molecule has 0 spiro atoms. The molecule has 0 saturated carbocycles. The van der Waals surface area contributed by atoms with E-state index in [1.165, 1.54) is 6.20 Å². The fraction of sp³-hybridized carbons (Fsp3) is 0.154. The van der Waals surface area contributed by atoms with E-state index in [2.05, 4.69) is 10.1 Å². The highest BCUT2D eigenvalue weighted by molar-refractivity contribution is 7.13. The van der Waals surface area contributed by atoms with Crippen LogP contribution >= 0.6 is 11.3 Å². The minimum absolute atomic E-state index is 0.334. The van der Waals surface area contributed by atoms with E-state index in [0.717, 1.165) is 10.6 Å². The summed E-state index contributed by atoms with van der Waals surface area (Å²) in [4.78, 5) is 17.1. The van der Waals surface area contributed by atoms with Crippen molar-refractivity contribution in [3.05, 3.63) is 41.5 Å². The molecule has 3 aromatic rings. The van der Waals surface area contributed by atoms with Crippen molar-refractivity contribution >= 4 is 23.0 Å². The number of esters is 1. The van der Waals surface area contributed by atoms with Crippen molar-refractivity contribution < 1.29 is 9.53 Å². The zero-order valence-corrected chi connectivity index (χ0v) is 11.1. The molecule has 3 rings (SSSR count). The second-order valence-corrected chi connectivity index (χ2v) is 4.77. The van der Waals surface area contributed by atoms with Crippen molar-refractivity contribution in [2.45, 2.75) is 6.92 Å². The first-order valence-electron chi connectivity index (χ1n) is 5.85. The van der Waals surface area contributed by atoms with Crippen LogP contribution in [0.4, 0.5) is 0 Å². The molecule has 0 aromatic carbocycles. The van der Waals surface area contributed by atoms with Crippen LogP contribution in [0.15, 0.2) is 36.0 Å². The first kappa shape index (κ1) is 11.9. The number of ether oxygens (including phenoxy) is 1. The number of nitrogens with zero attached hydrogens (tertiary/aromatic N) is 3. The number of fused-ring (bicyclic) bond motifs is 1. The van der Waals surface area contributed by atoms with Crippen LogP contribution in [0.25, 0.3) is 16.2 Å². The first-order valence-corrected chi connectivity index (χ1v) is 6.73. The maximum absolute atomic E-state index is 11.8. The third-order valence-corrected chi connectivity index (χ3v) is 3.56. The maximum Gasteiger partial charge on any atom is 0.343 e. The highest BCUT2D eigenvalue weighted by atomic mass is 32.1. The first-order chi connectivity index (χ1) is 9.31. The molecule has 0 saturated heterocycles. The van der Waals surface area contributed by atoms with E-state index in [4.69, 9.17) is 4.74 Å². The van der Waals surface area contributed by atoms with Crippen molar-refractivity contribution in [1.29, 1.82) is 0 Å². The number of carbonyl (C=O) groups excluding carboxylic acids is 1. The van der Waals surface area contributed by atoms with Gasteiger partial charge in [0, 0.05) is 6.20 Å². The van der Waals surface area contributed by atoms with Gasteiger partial charge in [-0.1, -0.05) is 6.07 Å². The molecule has 0 aliphatic carbocycles. The number of thiophene rings is 1. The Morgan fingerprint density at radius 1 is 1.47 bits per heavy atom. The largest absolute Gasteiger partial charge is 0.462 e. The fourth-order valence-electron chi connectivity index (χ4n) is 1.86. The topological polar surface area (TPSA) is 56.5 Å². The third-order valence-electron chi connectivity index (χ3n) is 2.67. The quantitative estimate of drug-likeness (QED) is 0.688. The van der Waals surface area contributed by atoms with E-state index >= 15 is 0 Å². The molecule has 96 valence electrons. The molecule has 3 heterocycles. The second-order valence-electron chi connectivity index (χ2n) is 3.82. The summed E-state index contributed by atoms with van der Waals surface area (Å²) >= 11 is 1.61. The minimum Gasteiger partial charge on any atom is -0.462 e. The summed E-state index contributed by atoms with van der Waals surface area (Å²) in [5.41, 5.74) is 1.82. The molecule has 6 heteroatoms. The standard InChI is InChI=1S/C13H11N3O2S/c1-2-18-13(17)9-8-15-16-10(5-6-14-12(9)16)11-4-3-7-19-11/h3-8H,2H2,1H3. The summed E-state index contributed by atoms with van der Waals surface area (Å²) in [6.07, 6.45) is 3.17. The predicted molar refractivity (Wildman–Crippen MR) is 72.3 cm³/mol. The van der Waals surface area contributed by atoms with Crippen molar-refractivity contribution in [1.82, 2.24) is 14.6 Å². The summed E-state index contributed by atoms with van der Waals surface area (Å²) in [5, 5.41) is 6.24. The van der Waals surface area contributed by atoms with Crippen molar-refractivity contribution in [2.75, 3.05) is 6.61 Å². The average molecular weight is 273 g/mol. The molecule has 0 unspecified atom stereocenters. The summed E-state index contributed by atoms with van der Waals surface area (Å²) < 4.78 is 6.66. The van der Waals surface area contributed by atoms with E-state index in [9.17, 15) is 4.79 Å². The molecule has 19 heavy (non-hydrogen) atoms. The summed E-state index contributed by atoms with van der Waals surface area (Å²) in [6.45, 7) is 2.11. The van der Waals surface area contributed by atoms with Crippen molar-refractivity contribution in [3.63, 3.8) is 0 Å². The maximum atomic E-state index is 11.8. The lowest BCUT2D eigenvalue weighted by Gasteiger charge is -2.02. The summed E-state index contributed by atoms with van der Waals surface area (Å²) in [7, 11) is 0. The van der Waals surface area contributed by atoms with Gasteiger partial charge in [0.15, 0.2) is 5.65 Å². The van der Waals surface area contributed by atoms with E-state index in [1.807, 2.05) is 23.6 Å². The lowest BCUT2D eigenvalue weighted by Crippen LogP contribution is -2.05. The van der Waals surface area contributed by atoms with Crippen molar-refractivity contribution in [2.24, 2.45) is 0 Å². The lowest BCUT2D eigenvalue weighted by atomic mass is 10.3. The van der Waals surface area contributed by atoms with Crippen LogP contribution in [0.2, 0.25) is 0 Å². The Bertz CT molecular complexity index is 719. The number of rotatable bonds is 3. The van der Waals surface area contributed by atoms with Gasteiger partial charge in [-0.3, -0.25) is 0 Å². The Hall–Kier alpha value is -2.21. The van der Waals surface area contributed by atoms with Gasteiger partial charge in [0.25, 0.3) is 0 Å². The van der Waals surface area contributed by atoms with Crippen LogP contribution in [-0.2, 0) is 4.74 Å². The Morgan fingerprint density at radius 3 is 3.11 bits per heavy atom. The molecule has 0 aliphatic rings. The van der Waals surface area contributed by atoms with Crippen LogP contribution in [0.3, 0.4) is 0 Å². The average Bonchev–Trinajstić information content (AvgIpc) is 3.08. The van der Waals surface area contributed by atoms with Crippen LogP contribution in [0.1, 0.15) is 17.3 Å². The smallest absolute Gasteiger partial charge is 0.343 e. The van der Waals surface area contributed by atoms with Crippen molar-refractivity contribution in [3.8, 4) is 10.6 Å². The predicted octanol–water partition coefficient (Wildman–Crippen LogP) is 2.63. The molecule has 0 amide bonds. The molecule has 0 bridgehead atoms. The van der Waals surface area contributed by atoms with Gasteiger partial charge in [-0.2, -0.15) is 5.10 Å². The third kappa shape index (κ3) is 2.00. The Kier molecular flexibility index (Phi) is 3.00. The number of aromatic nitrogens is 3. The molecule has 0 N–H and O–H groups in total. The Labute approximate surface area is 113 Å². The molecular weight excluding hydrogens is 262 g/mol. The molecule has 0 fully saturated rings. The van der Waals surface area contributed by atoms with E-state index in [1.54, 1.807) is 29.0 Å². The zero-order chi connectivity index (χ0) is 13.2. The van der Waals surface area contributed by atoms with E-state index in [-0.39, 0.29) is 0 Å². The Balaban J connectivity index is 2.16. The summed E-state index contributed by atoms with van der Waals surface area (Å²) in [6, 6.07) is 5.86. The SMILES string of the molecule is CCOC(=O)c1cnn2c(-c3cccs3)ccnc12. The van der Waals surface area contributed by atoms with E-state index < -0.39 is 5.97 Å². The number of hydrogen-bond acceptors (Lipinski definition) is 5. The van der Waals surface area contributed by atoms with Crippen LogP contribution < -0.4 is 0 Å². The molecule has 5 nitrogen and oxygen atoms in total. The van der Waals surface area contributed by atoms with Crippen LogP contribution in [-0.4, -0.2) is 27.2 Å². The van der Waals surface area contributed by atoms with Gasteiger partial charge in [0.1, 0.15) is 5.56 Å². The number of hydrogen-bond donors (Lipinski definition) is 0. The van der Waals surface area contributed by atoms with Crippen LogP contribution in [0, 0.1) is 0 Å². The summed E-state index contributed by atoms with van der Waals surface area (Å²) in [5.74, 6) is -0.395. The van der Waals surface area contributed by atoms with Crippen LogP contribution in [0.5, 0.6) is 0 Å². The van der Waals surface area contributed by atoms with Gasteiger partial charge < -0.3 is 4.74 Å². The molecular formula is C13H11N3O2S. The minimum atomic E-state index is -0.395. The normalized spacial score (nSPS) is 10.8. The molecule has 0 aliphatic heterocycles. The highest BCUT2D eigenvalue weighted by Gasteiger charge is 2.17. The number of carbonyl (C=O) groups is 1. The van der Waals surface area contributed by atoms with Gasteiger partial charge in [-0.05, 0) is 24.4 Å². The molecule has 0 atom stereocenters. The second kappa shape index (κ2) is 4.81. The molecule has 0 radical (unpaired) electrons. The molecule has 3 aromatic heterocycles. The van der Waals surface area contributed by atoms with Gasteiger partial charge in [0.2, 0.25) is 0 Å². The fourth-order valence-corrected chi connectivity index (χ4v) is 2.59.